The molecule has 0 aliphatic carbocycles. The first-order valence-electron chi connectivity index (χ1n) is 17.2. The molecule has 0 aliphatic rings. The molecule has 13 heteroatoms. The molecule has 0 saturated heterocycles. The average Bonchev–Trinajstić information content (AvgIpc) is 2.97. The van der Waals surface area contributed by atoms with Gasteiger partial charge in [0, 0.05) is 18.2 Å². The molecule has 0 spiro atoms. The summed E-state index contributed by atoms with van der Waals surface area (Å²) in [6.07, 6.45) is -1.79. The fraction of sp³-hybridized carbons (Fsp3) is 0.553. The summed E-state index contributed by atoms with van der Waals surface area (Å²) in [5.41, 5.74) is 0.573. The maximum atomic E-state index is 13.2. The van der Waals surface area contributed by atoms with Crippen molar-refractivity contribution in [3.8, 4) is 0 Å². The Balaban J connectivity index is 2.16. The number of rotatable bonds is 14. The first-order chi connectivity index (χ1) is 23.4. The summed E-state index contributed by atoms with van der Waals surface area (Å²) in [6.45, 7) is 21.3. The van der Waals surface area contributed by atoms with Gasteiger partial charge in [-0.25, -0.2) is 9.59 Å². The standard InChI is InChI=1S/C38H58N4O8Si/c1-36(2,3)48-32(44)23-29(41-34(45)47-25-27-15-13-12-14-16-27)22-30(50-51(10,11)38(7,8)9)24-40-31(43)21-26-17-19-28(20-18-26)33(39)42-35(46)49-37(4,5)6/h12-20,29-30H,21-25H2,1-11H3,(H,40,43)(H,41,45)(H2,39,42,46)/t29-,30-/m0/s1. The number of alkyl carbamates (subject to hydrolysis) is 2. The van der Waals surface area contributed by atoms with Gasteiger partial charge < -0.3 is 29.3 Å². The zero-order valence-corrected chi connectivity index (χ0v) is 33.2. The molecule has 0 radical (unpaired) electrons. The van der Waals surface area contributed by atoms with Crippen LogP contribution in [0, 0.1) is 5.41 Å². The zero-order valence-electron chi connectivity index (χ0n) is 32.2. The molecular weight excluding hydrogens is 669 g/mol. The van der Waals surface area contributed by atoms with Crippen molar-refractivity contribution < 1.29 is 37.8 Å². The van der Waals surface area contributed by atoms with Gasteiger partial charge in [0.05, 0.1) is 18.9 Å². The molecule has 0 bridgehead atoms. The van der Waals surface area contributed by atoms with Crippen molar-refractivity contribution in [2.45, 2.75) is 130 Å². The average molecular weight is 727 g/mol. The largest absolute Gasteiger partial charge is 0.460 e. The van der Waals surface area contributed by atoms with Gasteiger partial charge in [-0.1, -0.05) is 75.4 Å². The van der Waals surface area contributed by atoms with E-state index in [0.29, 0.717) is 11.1 Å². The minimum atomic E-state index is -2.37. The number of benzene rings is 2. The van der Waals surface area contributed by atoms with Gasteiger partial charge in [0.25, 0.3) is 0 Å². The van der Waals surface area contributed by atoms with Crippen LogP contribution in [-0.4, -0.2) is 68.1 Å². The first kappa shape index (κ1) is 42.9. The van der Waals surface area contributed by atoms with Gasteiger partial charge in [-0.2, -0.15) is 0 Å². The third-order valence-electron chi connectivity index (χ3n) is 7.94. The van der Waals surface area contributed by atoms with Crippen LogP contribution in [0.1, 0.15) is 91.8 Å². The molecule has 2 rings (SSSR count). The number of nitrogens with one attached hydrogen (secondary N) is 4. The predicted molar refractivity (Wildman–Crippen MR) is 200 cm³/mol. The van der Waals surface area contributed by atoms with Crippen molar-refractivity contribution in [2.75, 3.05) is 6.54 Å². The monoisotopic (exact) mass is 726 g/mol. The number of carbonyl (C=O) groups excluding carboxylic acids is 4. The number of amides is 3. The van der Waals surface area contributed by atoms with E-state index in [1.165, 1.54) is 0 Å². The van der Waals surface area contributed by atoms with Gasteiger partial charge in [0.1, 0.15) is 23.6 Å². The van der Waals surface area contributed by atoms with Crippen LogP contribution >= 0.6 is 0 Å². The Morgan fingerprint density at radius 1 is 0.784 bits per heavy atom. The van der Waals surface area contributed by atoms with Crippen molar-refractivity contribution in [3.05, 3.63) is 71.3 Å². The number of hydrogen-bond acceptors (Lipinski definition) is 9. The summed E-state index contributed by atoms with van der Waals surface area (Å²) in [4.78, 5) is 51.1. The molecule has 0 saturated carbocycles. The van der Waals surface area contributed by atoms with Crippen molar-refractivity contribution in [1.82, 2.24) is 16.0 Å². The maximum absolute atomic E-state index is 13.2. The molecule has 0 aromatic heterocycles. The Morgan fingerprint density at radius 2 is 1.37 bits per heavy atom. The molecule has 2 aromatic carbocycles. The van der Waals surface area contributed by atoms with E-state index in [1.807, 2.05) is 30.3 Å². The van der Waals surface area contributed by atoms with Crippen LogP contribution in [0.5, 0.6) is 0 Å². The summed E-state index contributed by atoms with van der Waals surface area (Å²) >= 11 is 0. The number of esters is 1. The highest BCUT2D eigenvalue weighted by molar-refractivity contribution is 6.74. The van der Waals surface area contributed by atoms with Crippen molar-refractivity contribution >= 4 is 38.2 Å². The van der Waals surface area contributed by atoms with Gasteiger partial charge >= 0.3 is 18.2 Å². The van der Waals surface area contributed by atoms with E-state index < -0.39 is 49.8 Å². The van der Waals surface area contributed by atoms with Crippen LogP contribution in [0.3, 0.4) is 0 Å². The Kier molecular flexibility index (Phi) is 15.4. The second-order valence-corrected chi connectivity index (χ2v) is 20.9. The van der Waals surface area contributed by atoms with Crippen LogP contribution in [-0.2, 0) is 41.3 Å². The molecule has 2 aromatic rings. The van der Waals surface area contributed by atoms with Crippen molar-refractivity contribution in [3.63, 3.8) is 0 Å². The summed E-state index contributed by atoms with van der Waals surface area (Å²) in [5.74, 6) is -0.861. The zero-order chi connectivity index (χ0) is 38.6. The summed E-state index contributed by atoms with van der Waals surface area (Å²) in [5, 5.41) is 16.3. The molecular formula is C38H58N4O8Si. The molecule has 282 valence electrons. The maximum Gasteiger partial charge on any atom is 0.413 e. The Hall–Kier alpha value is -4.23. The van der Waals surface area contributed by atoms with Crippen LogP contribution in [0.15, 0.2) is 54.6 Å². The quantitative estimate of drug-likeness (QED) is 0.0531. The minimum Gasteiger partial charge on any atom is -0.460 e. The molecule has 0 aliphatic heterocycles. The SMILES string of the molecule is CC(C)(C)OC(=O)C[C@H](C[C@@H](CNC(=O)Cc1ccc(C(=N)NC(=O)OC(C)(C)C)cc1)O[Si](C)(C)C(C)(C)C)NC(=O)OCc1ccccc1. The van der Waals surface area contributed by atoms with Crippen molar-refractivity contribution in [1.29, 1.82) is 5.41 Å². The molecule has 0 unspecified atom stereocenters. The van der Waals surface area contributed by atoms with Crippen LogP contribution in [0.25, 0.3) is 0 Å². The van der Waals surface area contributed by atoms with Gasteiger partial charge in [0.2, 0.25) is 5.91 Å². The van der Waals surface area contributed by atoms with Crippen LogP contribution in [0.2, 0.25) is 18.1 Å². The summed E-state index contributed by atoms with van der Waals surface area (Å²) < 4.78 is 23.0. The molecule has 0 fully saturated rings. The van der Waals surface area contributed by atoms with E-state index in [2.05, 4.69) is 49.8 Å². The summed E-state index contributed by atoms with van der Waals surface area (Å²) in [6, 6.07) is 15.3. The third kappa shape index (κ3) is 17.0. The third-order valence-corrected chi connectivity index (χ3v) is 12.5. The van der Waals surface area contributed by atoms with E-state index >= 15 is 0 Å². The van der Waals surface area contributed by atoms with E-state index in [1.54, 1.807) is 65.8 Å². The summed E-state index contributed by atoms with van der Waals surface area (Å²) in [7, 11) is -2.37. The molecule has 51 heavy (non-hydrogen) atoms. The van der Waals surface area contributed by atoms with Crippen LogP contribution in [0.4, 0.5) is 9.59 Å². The Bertz CT molecular complexity index is 1480. The highest BCUT2D eigenvalue weighted by atomic mass is 28.4. The second-order valence-electron chi connectivity index (χ2n) is 16.1. The van der Waals surface area contributed by atoms with E-state index in [9.17, 15) is 19.2 Å². The Labute approximate surface area is 304 Å². The highest BCUT2D eigenvalue weighted by Crippen LogP contribution is 2.37. The van der Waals surface area contributed by atoms with Crippen molar-refractivity contribution in [2.24, 2.45) is 0 Å². The van der Waals surface area contributed by atoms with E-state index in [-0.39, 0.29) is 49.2 Å². The van der Waals surface area contributed by atoms with Gasteiger partial charge in [-0.15, -0.1) is 0 Å². The molecule has 4 N–H and O–H groups in total. The minimum absolute atomic E-state index is 0.0608. The second kappa shape index (κ2) is 18.3. The lowest BCUT2D eigenvalue weighted by Gasteiger charge is -2.40. The lowest BCUT2D eigenvalue weighted by atomic mass is 10.1. The number of carbonyl (C=O) groups is 4. The fourth-order valence-electron chi connectivity index (χ4n) is 4.54. The smallest absolute Gasteiger partial charge is 0.413 e. The normalized spacial score (nSPS) is 13.3. The topological polar surface area (TPSA) is 165 Å². The number of amidine groups is 1. The van der Waals surface area contributed by atoms with E-state index in [0.717, 1.165) is 5.56 Å². The lowest BCUT2D eigenvalue weighted by Crippen LogP contribution is -2.50. The molecule has 3 amide bonds. The predicted octanol–water partition coefficient (Wildman–Crippen LogP) is 7.00. The van der Waals surface area contributed by atoms with Gasteiger partial charge in [0.15, 0.2) is 8.32 Å². The molecule has 2 atom stereocenters. The molecule has 0 heterocycles. The van der Waals surface area contributed by atoms with Gasteiger partial charge in [-0.05, 0) is 77.2 Å². The lowest BCUT2D eigenvalue weighted by molar-refractivity contribution is -0.155. The Morgan fingerprint density at radius 3 is 1.92 bits per heavy atom. The van der Waals surface area contributed by atoms with Crippen LogP contribution < -0.4 is 16.0 Å². The van der Waals surface area contributed by atoms with Gasteiger partial charge in [-0.3, -0.25) is 20.3 Å². The number of ether oxygens (including phenoxy) is 3. The molecule has 12 nitrogen and oxygen atoms in total. The highest BCUT2D eigenvalue weighted by Gasteiger charge is 2.40. The van der Waals surface area contributed by atoms with E-state index in [4.69, 9.17) is 24.0 Å². The fourth-order valence-corrected chi connectivity index (χ4v) is 5.90. The number of hydrogen-bond donors (Lipinski definition) is 4. The first-order valence-corrected chi connectivity index (χ1v) is 20.1.